The second-order valence-electron chi connectivity index (χ2n) is 16.1. The van der Waals surface area contributed by atoms with E-state index in [4.69, 9.17) is 0 Å². The monoisotopic (exact) mass is 892 g/mol. The minimum atomic E-state index is -4.65. The molecular formula is C56H31F7N4. The minimum absolute atomic E-state index is 0.0349. The maximum Gasteiger partial charge on any atom is 0.416 e. The van der Waals surface area contributed by atoms with E-state index in [1.54, 1.807) is 76.5 Å². The molecule has 0 fully saturated rings. The van der Waals surface area contributed by atoms with Crippen LogP contribution in [0.5, 0.6) is 0 Å². The molecule has 10 aromatic carbocycles. The van der Waals surface area contributed by atoms with Gasteiger partial charge in [0, 0.05) is 45.4 Å². The Hall–Kier alpha value is -8.67. The number of benzene rings is 10. The van der Waals surface area contributed by atoms with Gasteiger partial charge in [-0.05, 0) is 125 Å². The van der Waals surface area contributed by atoms with Crippen molar-refractivity contribution in [2.75, 3.05) is 9.80 Å². The van der Waals surface area contributed by atoms with Crippen molar-refractivity contribution < 1.29 is 30.7 Å². The zero-order chi connectivity index (χ0) is 46.7. The lowest BCUT2D eigenvalue weighted by Gasteiger charge is -2.31. The molecule has 0 spiro atoms. The summed E-state index contributed by atoms with van der Waals surface area (Å²) < 4.78 is 105. The van der Waals surface area contributed by atoms with Crippen molar-refractivity contribution in [2.45, 2.75) is 13.1 Å². The van der Waals surface area contributed by atoms with Gasteiger partial charge in [-0.1, -0.05) is 78.4 Å². The normalized spacial score (nSPS) is 11.6. The quantitative estimate of drug-likeness (QED) is 0.113. The average Bonchev–Trinajstić information content (AvgIpc) is 3.33. The van der Waals surface area contributed by atoms with E-state index in [9.17, 15) is 23.7 Å². The van der Waals surface area contributed by atoms with Gasteiger partial charge in [0.1, 0.15) is 11.6 Å². The van der Waals surface area contributed by atoms with Gasteiger partial charge in [-0.2, -0.15) is 23.7 Å². The van der Waals surface area contributed by atoms with Gasteiger partial charge >= 0.3 is 6.18 Å². The van der Waals surface area contributed by atoms with Crippen molar-refractivity contribution in [3.05, 3.63) is 215 Å². The van der Waals surface area contributed by atoms with Gasteiger partial charge in [0.2, 0.25) is 0 Å². The van der Waals surface area contributed by atoms with Crippen molar-refractivity contribution in [3.63, 3.8) is 0 Å². The van der Waals surface area contributed by atoms with Crippen molar-refractivity contribution in [3.8, 4) is 34.4 Å². The van der Waals surface area contributed by atoms with Crippen LogP contribution in [0.3, 0.4) is 0 Å². The van der Waals surface area contributed by atoms with Gasteiger partial charge < -0.3 is 9.80 Å². The lowest BCUT2D eigenvalue weighted by atomic mass is 9.91. The van der Waals surface area contributed by atoms with Gasteiger partial charge in [0.15, 0.2) is 11.6 Å². The Labute approximate surface area is 379 Å². The Morgan fingerprint density at radius 1 is 0.448 bits per heavy atom. The molecule has 0 aliphatic rings. The first-order valence-corrected chi connectivity index (χ1v) is 20.8. The fourth-order valence-corrected chi connectivity index (χ4v) is 8.91. The number of anilines is 6. The van der Waals surface area contributed by atoms with Crippen molar-refractivity contribution in [1.29, 1.82) is 10.5 Å². The van der Waals surface area contributed by atoms with Crippen LogP contribution in [0.15, 0.2) is 170 Å². The summed E-state index contributed by atoms with van der Waals surface area (Å²) in [5.74, 6) is -3.56. The average molecular weight is 893 g/mol. The zero-order valence-corrected chi connectivity index (χ0v) is 35.1. The first kappa shape index (κ1) is 42.3. The summed E-state index contributed by atoms with van der Waals surface area (Å²) in [7, 11) is 0. The molecule has 324 valence electrons. The van der Waals surface area contributed by atoms with Crippen molar-refractivity contribution in [2.24, 2.45) is 0 Å². The maximum atomic E-state index is 16.8. The highest BCUT2D eigenvalue weighted by Crippen LogP contribution is 2.51. The Morgan fingerprint density at radius 3 is 1.22 bits per heavy atom. The van der Waals surface area contributed by atoms with Crippen molar-refractivity contribution >= 4 is 66.4 Å². The molecule has 0 amide bonds. The van der Waals surface area contributed by atoms with Gasteiger partial charge in [-0.3, -0.25) is 0 Å². The molecule has 0 heterocycles. The van der Waals surface area contributed by atoms with Crippen LogP contribution in [0.25, 0.3) is 54.6 Å². The molecule has 10 rings (SSSR count). The molecule has 4 nitrogen and oxygen atoms in total. The van der Waals surface area contributed by atoms with Crippen LogP contribution in [-0.2, 0) is 6.18 Å². The summed E-state index contributed by atoms with van der Waals surface area (Å²) in [5.41, 5.74) is 3.26. The summed E-state index contributed by atoms with van der Waals surface area (Å²) in [6, 6.07) is 47.2. The van der Waals surface area contributed by atoms with E-state index in [0.717, 1.165) is 58.1 Å². The Bertz CT molecular complexity index is 3630. The lowest BCUT2D eigenvalue weighted by Crippen LogP contribution is -2.15. The fraction of sp³-hybridized carbons (Fsp3) is 0.0357. The summed E-state index contributed by atoms with van der Waals surface area (Å²) in [4.78, 5) is 3.26. The summed E-state index contributed by atoms with van der Waals surface area (Å²) in [6.45, 7) is 1.91. The number of halogens is 7. The molecule has 11 heteroatoms. The predicted octanol–water partition coefficient (Wildman–Crippen LogP) is 16.5. The molecule has 0 N–H and O–H groups in total. The Morgan fingerprint density at radius 2 is 0.836 bits per heavy atom. The van der Waals surface area contributed by atoms with Gasteiger partial charge in [-0.25, -0.2) is 17.6 Å². The third kappa shape index (κ3) is 7.47. The third-order valence-corrected chi connectivity index (χ3v) is 12.0. The molecule has 0 radical (unpaired) electrons. The number of hydrogen-bond acceptors (Lipinski definition) is 4. The molecule has 0 saturated carbocycles. The first-order chi connectivity index (χ1) is 32.3. The minimum Gasteiger partial charge on any atom is -0.307 e. The van der Waals surface area contributed by atoms with Crippen LogP contribution in [0.4, 0.5) is 64.9 Å². The second kappa shape index (κ2) is 16.4. The second-order valence-corrected chi connectivity index (χ2v) is 16.1. The number of nitrogens with zero attached hydrogens (tertiary/aromatic N) is 4. The van der Waals surface area contributed by atoms with Crippen LogP contribution >= 0.6 is 0 Å². The molecule has 10 aromatic rings. The molecule has 67 heavy (non-hydrogen) atoms. The van der Waals surface area contributed by atoms with E-state index in [0.29, 0.717) is 61.7 Å². The van der Waals surface area contributed by atoms with E-state index in [-0.39, 0.29) is 28.1 Å². The largest absolute Gasteiger partial charge is 0.416 e. The molecule has 0 saturated heterocycles. The molecule has 0 aromatic heterocycles. The SMILES string of the molecule is Cc1ccc(-c2cc(F)cc(F)c2N(c2ccc(C#N)cc2)c2ccc3ccc4c(N(c5ccc(C#N)cc5)c5c(F)cc(F)cc5-c5ccc(C(F)(F)F)cc5)ccc5ccc2c3c54)cc1. The maximum absolute atomic E-state index is 16.8. The van der Waals surface area contributed by atoms with E-state index in [1.807, 2.05) is 61.5 Å². The number of aryl methyl sites for hydroxylation is 1. The fourth-order valence-electron chi connectivity index (χ4n) is 8.91. The van der Waals surface area contributed by atoms with Crippen molar-refractivity contribution in [1.82, 2.24) is 0 Å². The van der Waals surface area contributed by atoms with E-state index >= 15 is 17.6 Å². The van der Waals surface area contributed by atoms with Crippen LogP contribution in [0.1, 0.15) is 22.3 Å². The van der Waals surface area contributed by atoms with E-state index in [2.05, 4.69) is 12.1 Å². The smallest absolute Gasteiger partial charge is 0.307 e. The zero-order valence-electron chi connectivity index (χ0n) is 35.1. The van der Waals surface area contributed by atoms with Gasteiger partial charge in [0.25, 0.3) is 0 Å². The molecule has 0 unspecified atom stereocenters. The number of rotatable bonds is 8. The van der Waals surface area contributed by atoms with Crippen LogP contribution in [0.2, 0.25) is 0 Å². The first-order valence-electron chi connectivity index (χ1n) is 20.8. The van der Waals surface area contributed by atoms with Crippen LogP contribution in [-0.4, -0.2) is 0 Å². The standard InChI is InChI=1S/C56H31F7N4/c1-32-2-8-35(9-3-32)46-26-40(57)28-48(59)54(46)66(42-18-4-33(30-64)5-19-42)50-24-14-37-13-23-45-51(25-15-38-12-22-44(50)52(37)53(38)45)67(43-20-6-34(31-65)7-21-43)55-47(27-41(58)29-49(55)60)36-10-16-39(17-11-36)56(61,62)63/h2-29H,1H3. The molecule has 0 aliphatic carbocycles. The number of nitriles is 2. The summed E-state index contributed by atoms with van der Waals surface area (Å²) in [6.07, 6.45) is -4.65. The van der Waals surface area contributed by atoms with E-state index < -0.39 is 35.0 Å². The Kier molecular flexibility index (Phi) is 10.3. The highest BCUT2D eigenvalue weighted by Gasteiger charge is 2.31. The molecule has 0 aliphatic heterocycles. The van der Waals surface area contributed by atoms with E-state index in [1.165, 1.54) is 6.07 Å². The summed E-state index contributed by atoms with van der Waals surface area (Å²) >= 11 is 0. The highest BCUT2D eigenvalue weighted by molar-refractivity contribution is 6.28. The summed E-state index contributed by atoms with van der Waals surface area (Å²) in [5, 5.41) is 23.6. The molecule has 0 bridgehead atoms. The lowest BCUT2D eigenvalue weighted by molar-refractivity contribution is -0.137. The van der Waals surface area contributed by atoms with Crippen LogP contribution in [0, 0.1) is 52.9 Å². The van der Waals surface area contributed by atoms with Gasteiger partial charge in [-0.15, -0.1) is 0 Å². The predicted molar refractivity (Wildman–Crippen MR) is 249 cm³/mol. The van der Waals surface area contributed by atoms with Crippen LogP contribution < -0.4 is 9.80 Å². The number of alkyl halides is 3. The molecule has 0 atom stereocenters. The number of hydrogen-bond donors (Lipinski definition) is 0. The third-order valence-electron chi connectivity index (χ3n) is 12.0. The highest BCUT2D eigenvalue weighted by atomic mass is 19.4. The van der Waals surface area contributed by atoms with Gasteiger partial charge in [0.05, 0.1) is 51.6 Å². The topological polar surface area (TPSA) is 54.1 Å². The Balaban J connectivity index is 1.25. The molecular weight excluding hydrogens is 862 g/mol.